The summed E-state index contributed by atoms with van der Waals surface area (Å²) < 4.78 is 51.4. The van der Waals surface area contributed by atoms with E-state index in [-0.39, 0.29) is 48.5 Å². The first-order valence-corrected chi connectivity index (χ1v) is 42.0. The number of rotatable bonds is 21. The third-order valence-corrected chi connectivity index (χ3v) is 24.4. The van der Waals surface area contributed by atoms with Gasteiger partial charge in [0, 0.05) is 77.3 Å². The number of carboxylic acid groups (broad SMARTS) is 1. The summed E-state index contributed by atoms with van der Waals surface area (Å²) >= 11 is 16.0. The number of amides is 7. The second kappa shape index (κ2) is 39.1. The number of anilines is 1. The van der Waals surface area contributed by atoms with Gasteiger partial charge in [-0.3, -0.25) is 33.6 Å². The van der Waals surface area contributed by atoms with Crippen molar-refractivity contribution in [1.29, 1.82) is 0 Å². The molecule has 11 bridgehead atoms. The number of phenolic OH excluding ortho intramolecular Hbond substituents is 3. The van der Waals surface area contributed by atoms with Crippen molar-refractivity contribution in [2.24, 2.45) is 17.4 Å². The summed E-state index contributed by atoms with van der Waals surface area (Å²) in [6, 6.07) is 10.9. The SMILES string of the molecule is CN[C@H](CC(C)C)C(=O)NC1C(=O)NC(CC(N)=O)C(=O)N[C@H]2C(=O)N[C@H]3C(=O)N[C@H](C(=O)NC(C(=O)O)c4cc(O)cc(O)c4-c4cc3ccc4O)[C@H](OC3C[C@](C)(N)[C@@H](O)[C@H](C)O3)c3ccc(c(Cl)c3)Oc3cc2cc(c3O[C@@H]2O[C@H](CO)[C@@H](O[C@@H]3O[C@H](CNCc4ccc(-c5ccc(N(C)C)cc5)s4)[C@H](O)[C@H](O)[C@H]3O)[C@H](O)[C@H]2O)Oc2ccc(cc2Cl)[C@H]1O. The largest absolute Gasteiger partial charge is 0.508 e. The van der Waals surface area contributed by atoms with Crippen molar-refractivity contribution in [2.45, 2.75) is 193 Å². The molecule has 6 aromatic carbocycles. The number of carbonyl (C=O) groups is 8. The first-order chi connectivity index (χ1) is 60.2. The minimum absolute atomic E-state index is 0.129. The molecule has 0 spiro atoms. The fourth-order valence-electron chi connectivity index (χ4n) is 15.9. The molecule has 8 aliphatic rings. The minimum atomic E-state index is -2.42. The van der Waals surface area contributed by atoms with Gasteiger partial charge in [0.2, 0.25) is 53.4 Å². The van der Waals surface area contributed by atoms with Gasteiger partial charge in [0.25, 0.3) is 0 Å². The Morgan fingerprint density at radius 1 is 0.669 bits per heavy atom. The molecule has 24 N–H and O–H groups in total. The number of aliphatic hydroxyl groups is 8. The van der Waals surface area contributed by atoms with Crippen LogP contribution in [0.4, 0.5) is 5.69 Å². The molecule has 15 rings (SSSR count). The van der Waals surface area contributed by atoms with E-state index in [0.29, 0.717) is 0 Å². The highest BCUT2D eigenvalue weighted by Gasteiger charge is 2.53. The number of phenols is 3. The second-order valence-electron chi connectivity index (χ2n) is 32.7. The molecular formula is C85H99Cl2N11O28S. The van der Waals surface area contributed by atoms with Gasteiger partial charge in [-0.05, 0) is 140 Å². The Bertz CT molecular complexity index is 5290. The molecule has 0 aliphatic carbocycles. The minimum Gasteiger partial charge on any atom is -0.508 e. The lowest BCUT2D eigenvalue weighted by atomic mass is 9.86. The fourth-order valence-corrected chi connectivity index (χ4v) is 17.3. The van der Waals surface area contributed by atoms with Crippen molar-refractivity contribution >= 4 is 87.5 Å². The normalized spacial score (nSPS) is 29.5. The van der Waals surface area contributed by atoms with E-state index in [1.165, 1.54) is 44.4 Å². The van der Waals surface area contributed by atoms with E-state index in [0.717, 1.165) is 87.7 Å². The molecule has 42 heteroatoms. The summed E-state index contributed by atoms with van der Waals surface area (Å²) in [6.45, 7) is 5.53. The van der Waals surface area contributed by atoms with Crippen LogP contribution in [0.1, 0.15) is 110 Å². The summed E-state index contributed by atoms with van der Waals surface area (Å²) in [6.07, 6.45) is -29.0. The van der Waals surface area contributed by atoms with Gasteiger partial charge < -0.3 is 158 Å². The van der Waals surface area contributed by atoms with Gasteiger partial charge in [0.15, 0.2) is 30.1 Å². The number of fused-ring (bicyclic) bond motifs is 15. The second-order valence-corrected chi connectivity index (χ2v) is 34.7. The fraction of sp³-hybridized carbons (Fsp3) is 0.435. The van der Waals surface area contributed by atoms with Crippen molar-refractivity contribution in [3.05, 3.63) is 158 Å². The van der Waals surface area contributed by atoms with E-state index in [4.69, 9.17) is 72.6 Å². The van der Waals surface area contributed by atoms with Gasteiger partial charge in [-0.1, -0.05) is 67.4 Å². The molecule has 0 saturated carbocycles. The number of ether oxygens (including phenoxy) is 8. The predicted molar refractivity (Wildman–Crippen MR) is 451 cm³/mol. The average Bonchev–Trinajstić information content (AvgIpc) is 1.08. The number of nitrogens with zero attached hydrogens (tertiary/aromatic N) is 1. The third kappa shape index (κ3) is 20.6. The predicted octanol–water partition coefficient (Wildman–Crippen LogP) is 1.52. The van der Waals surface area contributed by atoms with Gasteiger partial charge >= 0.3 is 5.97 Å². The Morgan fingerprint density at radius 2 is 1.30 bits per heavy atom. The van der Waals surface area contributed by atoms with Crippen LogP contribution in [0.3, 0.4) is 0 Å². The topological polar surface area (TPSA) is 605 Å². The molecule has 9 heterocycles. The van der Waals surface area contributed by atoms with Gasteiger partial charge in [-0.25, -0.2) is 4.79 Å². The van der Waals surface area contributed by atoms with E-state index in [9.17, 15) is 75.7 Å². The van der Waals surface area contributed by atoms with Crippen LogP contribution >= 0.6 is 34.5 Å². The molecule has 23 atom stereocenters. The van der Waals surface area contributed by atoms with Crippen LogP contribution in [-0.4, -0.2) is 253 Å². The zero-order valence-corrected chi connectivity index (χ0v) is 71.5. The molecular weight excluding hydrogens is 1730 g/mol. The molecule has 4 unspecified atom stereocenters. The Balaban J connectivity index is 0.957. The molecule has 127 heavy (non-hydrogen) atoms. The van der Waals surface area contributed by atoms with Crippen LogP contribution in [0.15, 0.2) is 115 Å². The molecule has 7 aromatic rings. The van der Waals surface area contributed by atoms with Crippen LogP contribution in [0.25, 0.3) is 21.6 Å². The van der Waals surface area contributed by atoms with Gasteiger partial charge in [0.1, 0.15) is 120 Å². The number of thiophene rings is 1. The van der Waals surface area contributed by atoms with Crippen LogP contribution in [0, 0.1) is 5.92 Å². The quantitative estimate of drug-likeness (QED) is 0.0485. The lowest BCUT2D eigenvalue weighted by Crippen LogP contribution is -2.65. The molecule has 3 fully saturated rings. The lowest BCUT2D eigenvalue weighted by molar-refractivity contribution is -0.350. The summed E-state index contributed by atoms with van der Waals surface area (Å²) in [5.74, 6) is -16.6. The number of aromatic hydroxyl groups is 3. The highest BCUT2D eigenvalue weighted by molar-refractivity contribution is 7.15. The smallest absolute Gasteiger partial charge is 0.330 e. The number of carbonyl (C=O) groups excluding carboxylic acids is 7. The number of likely N-dealkylation sites (N-methyl/N-ethyl adjacent to an activating group) is 1. The number of benzene rings is 6. The molecule has 3 saturated heterocycles. The number of nitrogens with two attached hydrogens (primary N) is 2. The maximum Gasteiger partial charge on any atom is 0.330 e. The number of halogens is 2. The molecule has 1 aromatic heterocycles. The third-order valence-electron chi connectivity index (χ3n) is 22.7. The number of aliphatic carboxylic acids is 1. The molecule has 8 aliphatic heterocycles. The van der Waals surface area contributed by atoms with Gasteiger partial charge in [0.05, 0.1) is 41.3 Å². The Kier molecular flexibility index (Phi) is 28.9. The Hall–Kier alpha value is -10.7. The van der Waals surface area contributed by atoms with Gasteiger partial charge in [-0.15, -0.1) is 11.3 Å². The highest BCUT2D eigenvalue weighted by atomic mass is 35.5. The van der Waals surface area contributed by atoms with Gasteiger partial charge in [-0.2, -0.15) is 0 Å². The molecule has 682 valence electrons. The van der Waals surface area contributed by atoms with Crippen LogP contribution < -0.4 is 73.1 Å². The summed E-state index contributed by atoms with van der Waals surface area (Å²) in [5.41, 5.74) is 10.0. The van der Waals surface area contributed by atoms with Crippen molar-refractivity contribution in [3.8, 4) is 67.6 Å². The standard InChI is InChI=1S/C85H99Cl2N11O28S/c1-33(2)20-47(90-5)76(111)96-64-66(104)37-11-17-51(45(86)22-37)120-53-24-39-25-54(73(53)125-84-71(109)69(107)74(56(32-99)123-84)126-83-70(108)68(106)67(105)55(122-83)31-91-30-42-15-19-57(127-42)35-8-13-40(14-9-35)98(6)7)121-52-18-12-38(23-46(52)87)72(124-59-29-85(4,89)75(110)34(3)119-59)65-81(116)95-63(82(117)118)44-26-41(100)27-50(102)60(44)43-21-36(10-16-49(43)101)61(78(113)97-65)94-79(114)62(39)93-77(112)48(28-58(88)103)92-80(64)115/h8-19,21-27,33-34,47-48,55-56,59,61-72,74-75,83-84,90-91,99-102,104-110H,20,28-32,89H2,1-7H3,(H2,88,103)(H,92,115)(H,93,112)(H,94,114)(H,95,116)(H,96,111)(H,97,113)(H,117,118)/t34-,47+,48?,55+,56+,59?,61+,62+,63?,64?,65-,66+,67-,68-,69+,70+,71+,72+,74+,75-,83-,84-,85-/m0/s1. The number of primary amides is 1. The Labute approximate surface area is 739 Å². The number of carboxylic acids is 1. The maximum atomic E-state index is 16.5. The molecule has 0 radical (unpaired) electrons. The lowest BCUT2D eigenvalue weighted by Gasteiger charge is -2.46. The first-order valence-electron chi connectivity index (χ1n) is 40.4. The van der Waals surface area contributed by atoms with Crippen molar-refractivity contribution in [1.82, 2.24) is 42.5 Å². The van der Waals surface area contributed by atoms with E-state index in [2.05, 4.69) is 42.5 Å². The number of hydrogen-bond donors (Lipinski definition) is 22. The zero-order chi connectivity index (χ0) is 91.8. The molecule has 39 nitrogen and oxygen atoms in total. The van der Waals surface area contributed by atoms with Crippen molar-refractivity contribution in [3.63, 3.8) is 0 Å². The Morgan fingerprint density at radius 3 is 1.93 bits per heavy atom. The summed E-state index contributed by atoms with van der Waals surface area (Å²) in [5, 5.41) is 160. The van der Waals surface area contributed by atoms with Crippen LogP contribution in [0.2, 0.25) is 10.0 Å². The maximum absolute atomic E-state index is 16.5. The highest BCUT2D eigenvalue weighted by Crippen LogP contribution is 2.51. The monoisotopic (exact) mass is 1820 g/mol. The number of aliphatic hydroxyl groups excluding tert-OH is 8. The van der Waals surface area contributed by atoms with E-state index in [1.807, 2.05) is 69.2 Å². The number of hydrogen-bond acceptors (Lipinski definition) is 32. The number of nitrogens with one attached hydrogen (secondary N) is 8. The summed E-state index contributed by atoms with van der Waals surface area (Å²) in [4.78, 5) is 124. The molecule has 7 amide bonds. The van der Waals surface area contributed by atoms with Crippen LogP contribution in [-0.2, 0) is 68.6 Å². The zero-order valence-electron chi connectivity index (χ0n) is 69.2. The first kappa shape index (κ1) is 93.9. The van der Waals surface area contributed by atoms with E-state index in [1.54, 1.807) is 0 Å². The van der Waals surface area contributed by atoms with E-state index >= 15 is 24.0 Å². The summed E-state index contributed by atoms with van der Waals surface area (Å²) in [7, 11) is 5.32. The van der Waals surface area contributed by atoms with Crippen molar-refractivity contribution < 1.29 is 138 Å². The van der Waals surface area contributed by atoms with Crippen molar-refractivity contribution in [2.75, 3.05) is 39.2 Å². The van der Waals surface area contributed by atoms with Crippen LogP contribution in [0.5, 0.6) is 46.0 Å². The van der Waals surface area contributed by atoms with E-state index < -0.39 is 279 Å². The average molecular weight is 1830 g/mol.